The van der Waals surface area contributed by atoms with Gasteiger partial charge in [0.2, 0.25) is 0 Å². The van der Waals surface area contributed by atoms with Gasteiger partial charge in [-0.1, -0.05) is 12.1 Å². The van der Waals surface area contributed by atoms with Gasteiger partial charge in [0.15, 0.2) is 5.82 Å². The summed E-state index contributed by atoms with van der Waals surface area (Å²) in [6.07, 6.45) is 1.79. The highest BCUT2D eigenvalue weighted by Gasteiger charge is 2.03. The molecule has 1 aromatic heterocycles. The first-order valence-electron chi connectivity index (χ1n) is 4.90. The number of anilines is 3. The Morgan fingerprint density at radius 1 is 1.31 bits per heavy atom. The van der Waals surface area contributed by atoms with Crippen molar-refractivity contribution < 1.29 is 0 Å². The van der Waals surface area contributed by atoms with E-state index in [-0.39, 0.29) is 0 Å². The van der Waals surface area contributed by atoms with E-state index in [1.54, 1.807) is 6.20 Å². The summed E-state index contributed by atoms with van der Waals surface area (Å²) in [6.45, 7) is 1.96. The molecule has 4 heteroatoms. The molecule has 2 rings (SSSR count). The van der Waals surface area contributed by atoms with Crippen LogP contribution in [0.5, 0.6) is 0 Å². The molecule has 3 nitrogen and oxygen atoms in total. The zero-order chi connectivity index (χ0) is 11.5. The number of benzene rings is 1. The van der Waals surface area contributed by atoms with Crippen molar-refractivity contribution in [3.63, 3.8) is 0 Å². The van der Waals surface area contributed by atoms with Crippen molar-refractivity contribution in [1.82, 2.24) is 4.98 Å². The van der Waals surface area contributed by atoms with Gasteiger partial charge >= 0.3 is 0 Å². The molecule has 0 saturated carbocycles. The van der Waals surface area contributed by atoms with E-state index in [4.69, 9.17) is 5.73 Å². The monoisotopic (exact) mass is 277 g/mol. The molecule has 0 bridgehead atoms. The Bertz CT molecular complexity index is 511. The molecule has 0 amide bonds. The van der Waals surface area contributed by atoms with Crippen molar-refractivity contribution in [1.29, 1.82) is 0 Å². The Labute approximate surface area is 103 Å². The highest BCUT2D eigenvalue weighted by atomic mass is 79.9. The van der Waals surface area contributed by atoms with Crippen LogP contribution >= 0.6 is 15.9 Å². The van der Waals surface area contributed by atoms with E-state index >= 15 is 0 Å². The minimum Gasteiger partial charge on any atom is -0.396 e. The van der Waals surface area contributed by atoms with E-state index in [2.05, 4.69) is 26.2 Å². The number of halogens is 1. The van der Waals surface area contributed by atoms with Crippen LogP contribution in [0.2, 0.25) is 0 Å². The minimum absolute atomic E-state index is 0.649. The van der Waals surface area contributed by atoms with Crippen molar-refractivity contribution in [2.75, 3.05) is 11.1 Å². The number of nitrogens with zero attached hydrogens (tertiary/aromatic N) is 1. The smallest absolute Gasteiger partial charge is 0.153 e. The van der Waals surface area contributed by atoms with Crippen LogP contribution in [-0.2, 0) is 0 Å². The molecule has 0 aliphatic rings. The molecule has 82 valence electrons. The van der Waals surface area contributed by atoms with E-state index in [0.29, 0.717) is 11.5 Å². The molecule has 3 N–H and O–H groups in total. The van der Waals surface area contributed by atoms with Crippen LogP contribution in [0.1, 0.15) is 5.56 Å². The molecule has 0 radical (unpaired) electrons. The van der Waals surface area contributed by atoms with Crippen LogP contribution in [0.4, 0.5) is 17.2 Å². The van der Waals surface area contributed by atoms with E-state index in [1.807, 2.05) is 37.3 Å². The second-order valence-corrected chi connectivity index (χ2v) is 4.41. The van der Waals surface area contributed by atoms with Gasteiger partial charge in [0.1, 0.15) is 0 Å². The van der Waals surface area contributed by atoms with E-state index in [1.165, 1.54) is 0 Å². The van der Waals surface area contributed by atoms with Gasteiger partial charge in [-0.25, -0.2) is 4.98 Å². The average Bonchev–Trinajstić information content (AvgIpc) is 2.25. The average molecular weight is 278 g/mol. The molecule has 16 heavy (non-hydrogen) atoms. The standard InChI is InChI=1S/C12H12BrN3/c1-8-6-10(14)12(15-7-8)16-11-5-3-2-4-9(11)13/h2-7H,14H2,1H3,(H,15,16). The summed E-state index contributed by atoms with van der Waals surface area (Å²) in [5.74, 6) is 0.678. The number of nitrogen functional groups attached to an aromatic ring is 1. The lowest BCUT2D eigenvalue weighted by atomic mass is 10.2. The highest BCUT2D eigenvalue weighted by Crippen LogP contribution is 2.27. The first-order chi connectivity index (χ1) is 7.66. The summed E-state index contributed by atoms with van der Waals surface area (Å²) in [6, 6.07) is 9.74. The topological polar surface area (TPSA) is 50.9 Å². The van der Waals surface area contributed by atoms with Crippen molar-refractivity contribution in [2.45, 2.75) is 6.92 Å². The second-order valence-electron chi connectivity index (χ2n) is 3.56. The summed E-state index contributed by atoms with van der Waals surface area (Å²) in [5, 5.41) is 3.18. The van der Waals surface area contributed by atoms with Crippen molar-refractivity contribution in [3.8, 4) is 0 Å². The van der Waals surface area contributed by atoms with E-state index < -0.39 is 0 Å². The number of hydrogen-bond donors (Lipinski definition) is 2. The van der Waals surface area contributed by atoms with Gasteiger partial charge in [0.25, 0.3) is 0 Å². The minimum atomic E-state index is 0.649. The van der Waals surface area contributed by atoms with Gasteiger partial charge in [-0.3, -0.25) is 0 Å². The van der Waals surface area contributed by atoms with Gasteiger partial charge < -0.3 is 11.1 Å². The second kappa shape index (κ2) is 4.53. The van der Waals surface area contributed by atoms with Gasteiger partial charge in [-0.15, -0.1) is 0 Å². The fourth-order valence-electron chi connectivity index (χ4n) is 1.39. The van der Waals surface area contributed by atoms with E-state index in [9.17, 15) is 0 Å². The first-order valence-corrected chi connectivity index (χ1v) is 5.70. The normalized spacial score (nSPS) is 10.1. The predicted octanol–water partition coefficient (Wildman–Crippen LogP) is 3.48. The fraction of sp³-hybridized carbons (Fsp3) is 0.0833. The molecule has 0 unspecified atom stereocenters. The molecule has 0 atom stereocenters. The summed E-state index contributed by atoms with van der Waals surface area (Å²) in [5.41, 5.74) is 8.53. The number of nitrogens with two attached hydrogens (primary N) is 1. The summed E-state index contributed by atoms with van der Waals surface area (Å²) < 4.78 is 0.983. The van der Waals surface area contributed by atoms with Gasteiger partial charge in [0.05, 0.1) is 11.4 Å². The fourth-order valence-corrected chi connectivity index (χ4v) is 1.77. The summed E-state index contributed by atoms with van der Waals surface area (Å²) >= 11 is 3.46. The Kier molecular flexibility index (Phi) is 3.10. The molecule has 2 aromatic rings. The Hall–Kier alpha value is -1.55. The molecule has 0 fully saturated rings. The maximum Gasteiger partial charge on any atom is 0.153 e. The summed E-state index contributed by atoms with van der Waals surface area (Å²) in [4.78, 5) is 4.26. The molecular formula is C12H12BrN3. The van der Waals surface area contributed by atoms with Crippen LogP contribution in [0.15, 0.2) is 41.0 Å². The third-order valence-electron chi connectivity index (χ3n) is 2.18. The van der Waals surface area contributed by atoms with Gasteiger partial charge in [-0.05, 0) is 46.6 Å². The van der Waals surface area contributed by atoms with E-state index in [0.717, 1.165) is 15.7 Å². The van der Waals surface area contributed by atoms with Crippen molar-refractivity contribution >= 4 is 33.1 Å². The number of para-hydroxylation sites is 1. The third-order valence-corrected chi connectivity index (χ3v) is 2.87. The molecular weight excluding hydrogens is 266 g/mol. The van der Waals surface area contributed by atoms with Crippen molar-refractivity contribution in [2.24, 2.45) is 0 Å². The maximum atomic E-state index is 5.88. The highest BCUT2D eigenvalue weighted by molar-refractivity contribution is 9.10. The molecule has 0 saturated heterocycles. The van der Waals surface area contributed by atoms with Crippen LogP contribution in [0.3, 0.4) is 0 Å². The number of rotatable bonds is 2. The Morgan fingerprint density at radius 3 is 2.75 bits per heavy atom. The predicted molar refractivity (Wildman–Crippen MR) is 70.8 cm³/mol. The van der Waals surface area contributed by atoms with Gasteiger partial charge in [-0.2, -0.15) is 0 Å². The van der Waals surface area contributed by atoms with Crippen LogP contribution < -0.4 is 11.1 Å². The number of aryl methyl sites for hydroxylation is 1. The molecule has 1 heterocycles. The van der Waals surface area contributed by atoms with Crippen LogP contribution in [-0.4, -0.2) is 4.98 Å². The van der Waals surface area contributed by atoms with Crippen molar-refractivity contribution in [3.05, 3.63) is 46.6 Å². The number of nitrogens with one attached hydrogen (secondary N) is 1. The maximum absolute atomic E-state index is 5.88. The zero-order valence-corrected chi connectivity index (χ0v) is 10.5. The molecule has 0 aliphatic carbocycles. The number of hydrogen-bond acceptors (Lipinski definition) is 3. The molecule has 0 spiro atoms. The lowest BCUT2D eigenvalue weighted by molar-refractivity contribution is 1.26. The van der Waals surface area contributed by atoms with Crippen LogP contribution in [0, 0.1) is 6.92 Å². The Morgan fingerprint density at radius 2 is 2.06 bits per heavy atom. The van der Waals surface area contributed by atoms with Crippen LogP contribution in [0.25, 0.3) is 0 Å². The number of aromatic nitrogens is 1. The molecule has 1 aromatic carbocycles. The lowest BCUT2D eigenvalue weighted by Crippen LogP contribution is -1.99. The molecule has 0 aliphatic heterocycles. The van der Waals surface area contributed by atoms with Gasteiger partial charge in [0, 0.05) is 10.7 Å². The zero-order valence-electron chi connectivity index (χ0n) is 8.87. The summed E-state index contributed by atoms with van der Waals surface area (Å²) in [7, 11) is 0. The quantitative estimate of drug-likeness (QED) is 0.884. The lowest BCUT2D eigenvalue weighted by Gasteiger charge is -2.10. The number of pyridine rings is 1. The SMILES string of the molecule is Cc1cnc(Nc2ccccc2Br)c(N)c1. The first kappa shape index (κ1) is 11.0. The largest absolute Gasteiger partial charge is 0.396 e. The Balaban J connectivity index is 2.31. The third kappa shape index (κ3) is 2.33.